The molecule has 1 aliphatic heterocycles. The van der Waals surface area contributed by atoms with Crippen LogP contribution in [0.5, 0.6) is 0 Å². The van der Waals surface area contributed by atoms with Crippen LogP contribution in [0, 0.1) is 0 Å². The molecule has 0 aliphatic carbocycles. The molecule has 1 aromatic rings. The maximum atomic E-state index is 12.4. The number of anilines is 1. The monoisotopic (exact) mass is 325 g/mol. The number of aromatic nitrogens is 1. The highest BCUT2D eigenvalue weighted by atomic mass is 32.1. The van der Waals surface area contributed by atoms with E-state index in [9.17, 15) is 4.79 Å². The molecule has 22 heavy (non-hydrogen) atoms. The number of amides is 1. The van der Waals surface area contributed by atoms with Crippen molar-refractivity contribution >= 4 is 22.6 Å². The van der Waals surface area contributed by atoms with E-state index in [2.05, 4.69) is 17.2 Å². The molecule has 1 amide bonds. The predicted octanol–water partition coefficient (Wildman–Crippen LogP) is 4.12. The van der Waals surface area contributed by atoms with Crippen LogP contribution in [0.25, 0.3) is 0 Å². The summed E-state index contributed by atoms with van der Waals surface area (Å²) in [6.07, 6.45) is 5.81. The molecule has 0 bridgehead atoms. The number of piperidine rings is 1. The zero-order valence-electron chi connectivity index (χ0n) is 14.0. The fraction of sp³-hybridized carbons (Fsp3) is 0.750. The average molecular weight is 325 g/mol. The molecular formula is C16H27N3O2S. The molecule has 2 unspecified atom stereocenters. The lowest BCUT2D eigenvalue weighted by atomic mass is 9.97. The predicted molar refractivity (Wildman–Crippen MR) is 90.4 cm³/mol. The number of nitrogens with one attached hydrogen (secondary N) is 1. The van der Waals surface area contributed by atoms with Gasteiger partial charge in [-0.1, -0.05) is 0 Å². The van der Waals surface area contributed by atoms with Gasteiger partial charge in [0.1, 0.15) is 5.60 Å². The molecule has 6 heteroatoms. The van der Waals surface area contributed by atoms with Crippen molar-refractivity contribution in [1.29, 1.82) is 0 Å². The Bertz CT molecular complexity index is 470. The van der Waals surface area contributed by atoms with Crippen molar-refractivity contribution in [2.75, 3.05) is 11.9 Å². The van der Waals surface area contributed by atoms with Gasteiger partial charge in [0.2, 0.25) is 0 Å². The highest BCUT2D eigenvalue weighted by molar-refractivity contribution is 7.13. The molecule has 0 spiro atoms. The molecule has 2 atom stereocenters. The molecule has 2 heterocycles. The summed E-state index contributed by atoms with van der Waals surface area (Å²) >= 11 is 1.60. The first-order valence-electron chi connectivity index (χ1n) is 8.01. The van der Waals surface area contributed by atoms with E-state index in [4.69, 9.17) is 4.74 Å². The van der Waals surface area contributed by atoms with E-state index in [0.717, 1.165) is 30.9 Å². The van der Waals surface area contributed by atoms with Crippen LogP contribution in [0.15, 0.2) is 11.6 Å². The van der Waals surface area contributed by atoms with Crippen molar-refractivity contribution in [3.8, 4) is 0 Å². The van der Waals surface area contributed by atoms with E-state index in [1.165, 1.54) is 6.42 Å². The minimum atomic E-state index is -0.441. The maximum absolute atomic E-state index is 12.4. The Morgan fingerprint density at radius 1 is 1.55 bits per heavy atom. The van der Waals surface area contributed by atoms with Crippen molar-refractivity contribution in [3.63, 3.8) is 0 Å². The molecule has 0 aromatic carbocycles. The summed E-state index contributed by atoms with van der Waals surface area (Å²) < 4.78 is 5.55. The van der Waals surface area contributed by atoms with Crippen LogP contribution >= 0.6 is 11.3 Å². The van der Waals surface area contributed by atoms with Gasteiger partial charge in [-0.3, -0.25) is 0 Å². The quantitative estimate of drug-likeness (QED) is 0.904. The lowest BCUT2D eigenvalue weighted by molar-refractivity contribution is 0.00852. The molecule has 1 N–H and O–H groups in total. The second-order valence-corrected chi connectivity index (χ2v) is 7.84. The van der Waals surface area contributed by atoms with E-state index in [-0.39, 0.29) is 18.2 Å². The van der Waals surface area contributed by atoms with Crippen LogP contribution in [0.3, 0.4) is 0 Å². The van der Waals surface area contributed by atoms with E-state index in [0.29, 0.717) is 0 Å². The van der Waals surface area contributed by atoms with Crippen LogP contribution < -0.4 is 5.32 Å². The summed E-state index contributed by atoms with van der Waals surface area (Å²) in [6, 6.07) is 0.519. The molecule has 1 aliphatic rings. The van der Waals surface area contributed by atoms with Crippen molar-refractivity contribution in [1.82, 2.24) is 9.88 Å². The first-order chi connectivity index (χ1) is 10.3. The van der Waals surface area contributed by atoms with Gasteiger partial charge in [0.15, 0.2) is 5.13 Å². The lowest BCUT2D eigenvalue weighted by Gasteiger charge is -2.38. The molecule has 1 fully saturated rings. The zero-order chi connectivity index (χ0) is 16.2. The SMILES string of the molecule is CC(CC1CCCCN1C(=O)OC(C)(C)C)Nc1nccs1. The number of nitrogens with zero attached hydrogens (tertiary/aromatic N) is 2. The van der Waals surface area contributed by atoms with Gasteiger partial charge in [-0.25, -0.2) is 9.78 Å². The van der Waals surface area contributed by atoms with E-state index in [1.54, 1.807) is 17.5 Å². The summed E-state index contributed by atoms with van der Waals surface area (Å²) in [7, 11) is 0. The van der Waals surface area contributed by atoms with Crippen molar-refractivity contribution in [2.24, 2.45) is 0 Å². The standard InChI is InChI=1S/C16H27N3O2S/c1-12(18-14-17-8-10-22-14)11-13-7-5-6-9-19(13)15(20)21-16(2,3)4/h8,10,12-13H,5-7,9,11H2,1-4H3,(H,17,18). The fourth-order valence-corrected chi connectivity index (χ4v) is 3.42. The number of rotatable bonds is 4. The number of hydrogen-bond acceptors (Lipinski definition) is 5. The summed E-state index contributed by atoms with van der Waals surface area (Å²) in [5.41, 5.74) is -0.441. The summed E-state index contributed by atoms with van der Waals surface area (Å²) in [4.78, 5) is 18.6. The normalized spacial score (nSPS) is 20.5. The number of ether oxygens (including phenoxy) is 1. The number of likely N-dealkylation sites (tertiary alicyclic amines) is 1. The molecule has 5 nitrogen and oxygen atoms in total. The van der Waals surface area contributed by atoms with Gasteiger partial charge in [0.05, 0.1) is 0 Å². The maximum Gasteiger partial charge on any atom is 0.410 e. The smallest absolute Gasteiger partial charge is 0.410 e. The third kappa shape index (κ3) is 5.16. The Hall–Kier alpha value is -1.30. The van der Waals surface area contributed by atoms with Gasteiger partial charge in [-0.05, 0) is 53.4 Å². The van der Waals surface area contributed by atoms with Crippen LogP contribution in [0.4, 0.5) is 9.93 Å². The Kier molecular flexibility index (Phi) is 5.67. The summed E-state index contributed by atoms with van der Waals surface area (Å²) in [5.74, 6) is 0. The Morgan fingerprint density at radius 2 is 2.32 bits per heavy atom. The van der Waals surface area contributed by atoms with Gasteiger partial charge in [-0.2, -0.15) is 0 Å². The molecule has 1 aromatic heterocycles. The number of carbonyl (C=O) groups excluding carboxylic acids is 1. The van der Waals surface area contributed by atoms with Gasteiger partial charge < -0.3 is 15.0 Å². The minimum Gasteiger partial charge on any atom is -0.444 e. The zero-order valence-corrected chi connectivity index (χ0v) is 14.8. The molecule has 0 radical (unpaired) electrons. The van der Waals surface area contributed by atoms with Gasteiger partial charge in [-0.15, -0.1) is 11.3 Å². The summed E-state index contributed by atoms with van der Waals surface area (Å²) in [6.45, 7) is 8.68. The molecule has 2 rings (SSSR count). The molecular weight excluding hydrogens is 298 g/mol. The van der Waals surface area contributed by atoms with Crippen LogP contribution in [0.2, 0.25) is 0 Å². The highest BCUT2D eigenvalue weighted by Gasteiger charge is 2.31. The average Bonchev–Trinajstić information content (AvgIpc) is 2.90. The Labute approximate surface area is 137 Å². The molecule has 1 saturated heterocycles. The van der Waals surface area contributed by atoms with Crippen molar-refractivity contribution < 1.29 is 9.53 Å². The van der Waals surface area contributed by atoms with E-state index >= 15 is 0 Å². The number of hydrogen-bond donors (Lipinski definition) is 1. The highest BCUT2D eigenvalue weighted by Crippen LogP contribution is 2.24. The first-order valence-corrected chi connectivity index (χ1v) is 8.89. The van der Waals surface area contributed by atoms with Gasteiger partial charge in [0.25, 0.3) is 0 Å². The Morgan fingerprint density at radius 3 is 2.95 bits per heavy atom. The molecule has 124 valence electrons. The van der Waals surface area contributed by atoms with E-state index < -0.39 is 5.60 Å². The Balaban J connectivity index is 1.92. The van der Waals surface area contributed by atoms with Crippen LogP contribution in [-0.2, 0) is 4.74 Å². The first kappa shape index (κ1) is 17.1. The fourth-order valence-electron chi connectivity index (χ4n) is 2.78. The van der Waals surface area contributed by atoms with Crippen molar-refractivity contribution in [2.45, 2.75) is 71.1 Å². The minimum absolute atomic E-state index is 0.182. The lowest BCUT2D eigenvalue weighted by Crippen LogP contribution is -2.47. The third-order valence-electron chi connectivity index (χ3n) is 3.68. The van der Waals surface area contributed by atoms with Crippen molar-refractivity contribution in [3.05, 3.63) is 11.6 Å². The topological polar surface area (TPSA) is 54.5 Å². The summed E-state index contributed by atoms with van der Waals surface area (Å²) in [5, 5.41) is 6.30. The molecule has 0 saturated carbocycles. The van der Waals surface area contributed by atoms with E-state index in [1.807, 2.05) is 31.1 Å². The second-order valence-electron chi connectivity index (χ2n) is 6.94. The van der Waals surface area contributed by atoms with Gasteiger partial charge >= 0.3 is 6.09 Å². The second kappa shape index (κ2) is 7.31. The van der Waals surface area contributed by atoms with Gasteiger partial charge in [0, 0.05) is 30.2 Å². The number of carbonyl (C=O) groups is 1. The number of thiazole rings is 1. The largest absolute Gasteiger partial charge is 0.444 e. The van der Waals surface area contributed by atoms with Crippen LogP contribution in [0.1, 0.15) is 53.4 Å². The third-order valence-corrected chi connectivity index (χ3v) is 4.39. The van der Waals surface area contributed by atoms with Crippen LogP contribution in [-0.4, -0.2) is 40.2 Å².